The number of carbonyl (C=O) groups is 1. The van der Waals surface area contributed by atoms with Gasteiger partial charge in [0.25, 0.3) is 0 Å². The van der Waals surface area contributed by atoms with Gasteiger partial charge in [-0.2, -0.15) is 0 Å². The fourth-order valence-corrected chi connectivity index (χ4v) is 1.65. The van der Waals surface area contributed by atoms with Gasteiger partial charge in [-0.3, -0.25) is 0 Å². The highest BCUT2D eigenvalue weighted by Gasteiger charge is 2.26. The summed E-state index contributed by atoms with van der Waals surface area (Å²) in [6.45, 7) is 5.06. The van der Waals surface area contributed by atoms with E-state index < -0.39 is 0 Å². The number of nitrogens with zero attached hydrogens (tertiary/aromatic N) is 1. The number of primary amides is 1. The minimum absolute atomic E-state index is 0.274. The quantitative estimate of drug-likeness (QED) is 0.562. The molecule has 11 heavy (non-hydrogen) atoms. The van der Waals surface area contributed by atoms with Crippen molar-refractivity contribution in [2.24, 2.45) is 11.7 Å². The van der Waals surface area contributed by atoms with Gasteiger partial charge in [0.05, 0.1) is 0 Å². The Morgan fingerprint density at radius 3 is 2.64 bits per heavy atom. The van der Waals surface area contributed by atoms with Gasteiger partial charge in [0.15, 0.2) is 0 Å². The van der Waals surface area contributed by atoms with Gasteiger partial charge in [0.1, 0.15) is 0 Å². The van der Waals surface area contributed by atoms with E-state index in [4.69, 9.17) is 5.73 Å². The molecule has 0 aromatic heterocycles. The van der Waals surface area contributed by atoms with Gasteiger partial charge in [0, 0.05) is 12.6 Å². The molecule has 0 saturated carbocycles. The molecule has 64 valence electrons. The molecule has 2 atom stereocenters. The van der Waals surface area contributed by atoms with Gasteiger partial charge < -0.3 is 10.6 Å². The van der Waals surface area contributed by atoms with Crippen LogP contribution in [0.5, 0.6) is 0 Å². The van der Waals surface area contributed by atoms with Crippen LogP contribution in [0.3, 0.4) is 0 Å². The van der Waals surface area contributed by atoms with E-state index in [2.05, 4.69) is 13.8 Å². The van der Waals surface area contributed by atoms with Crippen molar-refractivity contribution in [3.05, 3.63) is 0 Å². The van der Waals surface area contributed by atoms with E-state index >= 15 is 0 Å². The third-order valence-corrected chi connectivity index (χ3v) is 2.66. The minimum atomic E-state index is -0.274. The number of carbonyl (C=O) groups excluding carboxylic acids is 1. The summed E-state index contributed by atoms with van der Waals surface area (Å²) in [6.07, 6.45) is 2.30. The Hall–Kier alpha value is -0.730. The Morgan fingerprint density at radius 2 is 2.18 bits per heavy atom. The molecule has 3 nitrogen and oxygen atoms in total. The number of amides is 2. The maximum atomic E-state index is 10.9. The first kappa shape index (κ1) is 8.37. The lowest BCUT2D eigenvalue weighted by atomic mass is 9.92. The van der Waals surface area contributed by atoms with E-state index in [1.165, 1.54) is 6.42 Å². The second kappa shape index (κ2) is 3.11. The third kappa shape index (κ3) is 1.64. The summed E-state index contributed by atoms with van der Waals surface area (Å²) in [5.74, 6) is 0.594. The monoisotopic (exact) mass is 156 g/mol. The Balaban J connectivity index is 2.58. The molecule has 1 rings (SSSR count). The summed E-state index contributed by atoms with van der Waals surface area (Å²) in [7, 11) is 0. The van der Waals surface area contributed by atoms with E-state index in [1.54, 1.807) is 4.90 Å². The SMILES string of the molecule is CC1CCCN(C(N)=O)C1C. The van der Waals surface area contributed by atoms with Crippen LogP contribution in [0.1, 0.15) is 26.7 Å². The van der Waals surface area contributed by atoms with Crippen LogP contribution in [-0.4, -0.2) is 23.5 Å². The number of nitrogens with two attached hydrogens (primary N) is 1. The van der Waals surface area contributed by atoms with Crippen LogP contribution in [0.4, 0.5) is 4.79 Å². The van der Waals surface area contributed by atoms with Gasteiger partial charge in [-0.15, -0.1) is 0 Å². The second-order valence-corrected chi connectivity index (χ2v) is 3.39. The first-order chi connectivity index (χ1) is 5.13. The topological polar surface area (TPSA) is 46.3 Å². The first-order valence-corrected chi connectivity index (χ1v) is 4.19. The van der Waals surface area contributed by atoms with Gasteiger partial charge in [0.2, 0.25) is 0 Å². The second-order valence-electron chi connectivity index (χ2n) is 3.39. The van der Waals surface area contributed by atoms with E-state index in [0.717, 1.165) is 13.0 Å². The molecule has 1 aliphatic heterocycles. The average molecular weight is 156 g/mol. The molecule has 0 spiro atoms. The van der Waals surface area contributed by atoms with Crippen LogP contribution in [0.15, 0.2) is 0 Å². The fourth-order valence-electron chi connectivity index (χ4n) is 1.65. The number of rotatable bonds is 0. The van der Waals surface area contributed by atoms with Gasteiger partial charge in [-0.1, -0.05) is 6.92 Å². The Morgan fingerprint density at radius 1 is 1.55 bits per heavy atom. The van der Waals surface area contributed by atoms with Crippen molar-refractivity contribution in [2.45, 2.75) is 32.7 Å². The molecular weight excluding hydrogens is 140 g/mol. The summed E-state index contributed by atoms with van der Waals surface area (Å²) < 4.78 is 0. The highest BCUT2D eigenvalue weighted by atomic mass is 16.2. The lowest BCUT2D eigenvalue weighted by Crippen LogP contribution is -2.48. The first-order valence-electron chi connectivity index (χ1n) is 4.19. The number of urea groups is 1. The van der Waals surface area contributed by atoms with E-state index in [0.29, 0.717) is 12.0 Å². The van der Waals surface area contributed by atoms with Gasteiger partial charge in [-0.05, 0) is 25.7 Å². The molecule has 0 aromatic rings. The molecule has 1 aliphatic rings. The molecule has 0 radical (unpaired) electrons. The van der Waals surface area contributed by atoms with Crippen molar-refractivity contribution in [1.82, 2.24) is 4.90 Å². The number of hydrogen-bond donors (Lipinski definition) is 1. The van der Waals surface area contributed by atoms with Crippen LogP contribution in [0, 0.1) is 5.92 Å². The fraction of sp³-hybridized carbons (Fsp3) is 0.875. The summed E-state index contributed by atoms with van der Waals surface area (Å²) in [4.78, 5) is 12.6. The van der Waals surface area contributed by atoms with Crippen LogP contribution < -0.4 is 5.73 Å². The average Bonchev–Trinajstić information content (AvgIpc) is 1.94. The largest absolute Gasteiger partial charge is 0.351 e. The van der Waals surface area contributed by atoms with E-state index in [1.807, 2.05) is 0 Å². The zero-order chi connectivity index (χ0) is 8.43. The molecule has 0 aliphatic carbocycles. The Bertz CT molecular complexity index is 158. The molecule has 1 fully saturated rings. The van der Waals surface area contributed by atoms with Crippen molar-refractivity contribution in [3.8, 4) is 0 Å². The third-order valence-electron chi connectivity index (χ3n) is 2.66. The number of hydrogen-bond acceptors (Lipinski definition) is 1. The highest BCUT2D eigenvalue weighted by molar-refractivity contribution is 5.72. The standard InChI is InChI=1S/C8H16N2O/c1-6-4-3-5-10(7(6)2)8(9)11/h6-7H,3-5H2,1-2H3,(H2,9,11). The van der Waals surface area contributed by atoms with Gasteiger partial charge in [-0.25, -0.2) is 4.79 Å². The van der Waals surface area contributed by atoms with E-state index in [-0.39, 0.29) is 6.03 Å². The molecular formula is C8H16N2O. The van der Waals surface area contributed by atoms with Crippen molar-refractivity contribution in [3.63, 3.8) is 0 Å². The maximum Gasteiger partial charge on any atom is 0.315 e. The zero-order valence-corrected chi connectivity index (χ0v) is 7.21. The summed E-state index contributed by atoms with van der Waals surface area (Å²) in [5, 5.41) is 0. The van der Waals surface area contributed by atoms with Crippen molar-refractivity contribution < 1.29 is 4.79 Å². The van der Waals surface area contributed by atoms with Gasteiger partial charge >= 0.3 is 6.03 Å². The number of piperidine rings is 1. The minimum Gasteiger partial charge on any atom is -0.351 e. The van der Waals surface area contributed by atoms with Crippen molar-refractivity contribution in [2.75, 3.05) is 6.54 Å². The molecule has 1 heterocycles. The molecule has 2 N–H and O–H groups in total. The Labute approximate surface area is 67.5 Å². The zero-order valence-electron chi connectivity index (χ0n) is 7.21. The lowest BCUT2D eigenvalue weighted by molar-refractivity contribution is 0.135. The summed E-state index contributed by atoms with van der Waals surface area (Å²) in [5.41, 5.74) is 5.21. The number of likely N-dealkylation sites (tertiary alicyclic amines) is 1. The molecule has 0 bridgehead atoms. The molecule has 1 saturated heterocycles. The predicted octanol–water partition coefficient (Wildman–Crippen LogP) is 1.19. The molecule has 2 unspecified atom stereocenters. The van der Waals surface area contributed by atoms with Crippen LogP contribution in [-0.2, 0) is 0 Å². The molecule has 0 aromatic carbocycles. The normalized spacial score (nSPS) is 32.0. The predicted molar refractivity (Wildman–Crippen MR) is 44.1 cm³/mol. The summed E-state index contributed by atoms with van der Waals surface area (Å²) >= 11 is 0. The summed E-state index contributed by atoms with van der Waals surface area (Å²) in [6, 6.07) is 0.0466. The van der Waals surface area contributed by atoms with E-state index in [9.17, 15) is 4.79 Å². The Kier molecular flexibility index (Phi) is 2.37. The highest BCUT2D eigenvalue weighted by Crippen LogP contribution is 2.21. The van der Waals surface area contributed by atoms with Crippen LogP contribution in [0.25, 0.3) is 0 Å². The van der Waals surface area contributed by atoms with Crippen molar-refractivity contribution >= 4 is 6.03 Å². The lowest BCUT2D eigenvalue weighted by Gasteiger charge is -2.36. The molecule has 3 heteroatoms. The smallest absolute Gasteiger partial charge is 0.315 e. The molecule has 2 amide bonds. The van der Waals surface area contributed by atoms with Crippen molar-refractivity contribution in [1.29, 1.82) is 0 Å². The van der Waals surface area contributed by atoms with Crippen LogP contribution in [0.2, 0.25) is 0 Å². The maximum absolute atomic E-state index is 10.9. The van der Waals surface area contributed by atoms with Crippen LogP contribution >= 0.6 is 0 Å².